The third-order valence-electron chi connectivity index (χ3n) is 10.0. The molecule has 3 aliphatic heterocycles. The monoisotopic (exact) mass is 704 g/mol. The number of likely N-dealkylation sites (tertiary alicyclic amines) is 1. The number of piperidine rings is 1. The second-order valence-electron chi connectivity index (χ2n) is 12.6. The third kappa shape index (κ3) is 5.66. The number of piperazine rings is 1. The number of sulfonamides is 1. The van der Waals surface area contributed by atoms with Crippen molar-refractivity contribution in [2.24, 2.45) is 0 Å². The Morgan fingerprint density at radius 2 is 1.82 bits per heavy atom. The van der Waals surface area contributed by atoms with E-state index in [1.807, 2.05) is 0 Å². The molecule has 264 valence electrons. The molecule has 3 aromatic rings. The summed E-state index contributed by atoms with van der Waals surface area (Å²) in [5, 5.41) is 20.8. The van der Waals surface area contributed by atoms with Crippen LogP contribution in [0.3, 0.4) is 0 Å². The number of methoxy groups -OCH3 is 2. The lowest BCUT2D eigenvalue weighted by atomic mass is 9.68. The molecule has 0 radical (unpaired) electrons. The number of carboxylic acid groups (broad SMARTS) is 1. The standard InChI is InChI=1S/C35H40N6O8S/c1-5-49-32-26(7-6-14-37-32)35(31-22-39(17-18-40(31)34(43)44)24-12-15-38(2)16-13-24)27-19-23(21-36)8-10-28(27)41(33(35)42)50(45,46)30-11-9-25(47-3)20-29(30)48-4/h6-11,14,19-20,24,31H,5,12-13,15-18,22H2,1-4H3,(H,43,44). The fourth-order valence-corrected chi connectivity index (χ4v) is 9.22. The normalized spacial score (nSPS) is 21.8. The van der Waals surface area contributed by atoms with Crippen LogP contribution in [0.1, 0.15) is 36.5 Å². The Morgan fingerprint density at radius 3 is 2.48 bits per heavy atom. The molecule has 0 saturated carbocycles. The Balaban J connectivity index is 1.65. The first-order chi connectivity index (χ1) is 24.0. The molecular formula is C35H40N6O8S. The number of carbonyl (C=O) groups excluding carboxylic acids is 1. The van der Waals surface area contributed by atoms with Gasteiger partial charge in [0.05, 0.1) is 44.2 Å². The molecule has 2 fully saturated rings. The van der Waals surface area contributed by atoms with Gasteiger partial charge >= 0.3 is 6.09 Å². The summed E-state index contributed by atoms with van der Waals surface area (Å²) < 4.78 is 47.1. The van der Waals surface area contributed by atoms with E-state index in [-0.39, 0.29) is 64.6 Å². The molecule has 15 heteroatoms. The largest absolute Gasteiger partial charge is 0.497 e. The van der Waals surface area contributed by atoms with Crippen molar-refractivity contribution in [3.8, 4) is 23.4 Å². The summed E-state index contributed by atoms with van der Waals surface area (Å²) >= 11 is 0. The highest BCUT2D eigenvalue weighted by atomic mass is 32.2. The van der Waals surface area contributed by atoms with E-state index in [2.05, 4.69) is 27.9 Å². The lowest BCUT2D eigenvalue weighted by molar-refractivity contribution is -0.124. The van der Waals surface area contributed by atoms with Crippen molar-refractivity contribution in [2.75, 3.05) is 64.9 Å². The fraction of sp³-hybridized carbons (Fsp3) is 0.429. The van der Waals surface area contributed by atoms with E-state index < -0.39 is 33.5 Å². The van der Waals surface area contributed by atoms with Crippen molar-refractivity contribution in [3.63, 3.8) is 0 Å². The molecule has 1 N–H and O–H groups in total. The summed E-state index contributed by atoms with van der Waals surface area (Å²) in [6.45, 7) is 4.25. The lowest BCUT2D eigenvalue weighted by Gasteiger charge is -2.50. The zero-order valence-corrected chi connectivity index (χ0v) is 29.2. The Kier molecular flexibility index (Phi) is 9.62. The second-order valence-corrected chi connectivity index (χ2v) is 14.3. The van der Waals surface area contributed by atoms with Gasteiger partial charge in [0.15, 0.2) is 0 Å². The summed E-state index contributed by atoms with van der Waals surface area (Å²) in [7, 11) is 0.0649. The van der Waals surface area contributed by atoms with Crippen LogP contribution in [-0.2, 0) is 20.2 Å². The van der Waals surface area contributed by atoms with Gasteiger partial charge in [-0.2, -0.15) is 5.26 Å². The first-order valence-electron chi connectivity index (χ1n) is 16.4. The molecule has 2 aromatic carbocycles. The molecular weight excluding hydrogens is 664 g/mol. The molecule has 1 aromatic heterocycles. The van der Waals surface area contributed by atoms with E-state index in [0.717, 1.165) is 25.9 Å². The number of nitrogens with zero attached hydrogens (tertiary/aromatic N) is 6. The van der Waals surface area contributed by atoms with Crippen molar-refractivity contribution in [1.29, 1.82) is 5.26 Å². The summed E-state index contributed by atoms with van der Waals surface area (Å²) in [4.78, 5) is 38.6. The Hall–Kier alpha value is -4.91. The number of benzene rings is 2. The molecule has 2 saturated heterocycles. The maximum Gasteiger partial charge on any atom is 0.407 e. The number of amides is 2. The van der Waals surface area contributed by atoms with Crippen molar-refractivity contribution in [3.05, 3.63) is 71.4 Å². The van der Waals surface area contributed by atoms with Crippen LogP contribution in [0, 0.1) is 11.3 Å². The average Bonchev–Trinajstić information content (AvgIpc) is 3.39. The smallest absolute Gasteiger partial charge is 0.407 e. The zero-order valence-electron chi connectivity index (χ0n) is 28.4. The summed E-state index contributed by atoms with van der Waals surface area (Å²) in [5.74, 6) is -0.581. The second kappa shape index (κ2) is 13.8. The number of pyridine rings is 1. The van der Waals surface area contributed by atoms with Gasteiger partial charge in [-0.15, -0.1) is 0 Å². The number of aromatic nitrogens is 1. The van der Waals surface area contributed by atoms with E-state index in [9.17, 15) is 23.6 Å². The van der Waals surface area contributed by atoms with E-state index in [4.69, 9.17) is 14.2 Å². The molecule has 0 bridgehead atoms. The summed E-state index contributed by atoms with van der Waals surface area (Å²) in [6.07, 6.45) is 1.93. The van der Waals surface area contributed by atoms with Crippen molar-refractivity contribution >= 4 is 27.7 Å². The summed E-state index contributed by atoms with van der Waals surface area (Å²) in [5.41, 5.74) is -1.50. The van der Waals surface area contributed by atoms with E-state index >= 15 is 4.79 Å². The first-order valence-corrected chi connectivity index (χ1v) is 17.8. The maximum atomic E-state index is 15.6. The van der Waals surface area contributed by atoms with Crippen molar-refractivity contribution in [2.45, 2.75) is 42.2 Å². The highest BCUT2D eigenvalue weighted by molar-refractivity contribution is 7.93. The minimum absolute atomic E-state index is 0.0140. The molecule has 2 amide bonds. The topological polar surface area (TPSA) is 166 Å². The van der Waals surface area contributed by atoms with Crippen molar-refractivity contribution in [1.82, 2.24) is 19.7 Å². The minimum atomic E-state index is -4.74. The van der Waals surface area contributed by atoms with Crippen LogP contribution < -0.4 is 18.5 Å². The predicted octanol–water partition coefficient (Wildman–Crippen LogP) is 3.15. The lowest BCUT2D eigenvalue weighted by Crippen LogP contribution is -2.67. The Morgan fingerprint density at radius 1 is 1.06 bits per heavy atom. The number of carbonyl (C=O) groups is 2. The van der Waals surface area contributed by atoms with Crippen LogP contribution >= 0.6 is 0 Å². The van der Waals surface area contributed by atoms with Crippen LogP contribution in [0.4, 0.5) is 10.5 Å². The SMILES string of the molecule is CCOc1ncccc1C1(C2CN(C3CCN(C)CC3)CCN2C(=O)O)C(=O)N(S(=O)(=O)c2ccc(OC)cc2OC)c2ccc(C#N)cc21. The van der Waals surface area contributed by atoms with E-state index in [1.54, 1.807) is 19.1 Å². The molecule has 0 aliphatic carbocycles. The third-order valence-corrected chi connectivity index (χ3v) is 11.8. The van der Waals surface area contributed by atoms with E-state index in [0.29, 0.717) is 16.6 Å². The number of rotatable bonds is 9. The molecule has 0 spiro atoms. The van der Waals surface area contributed by atoms with Gasteiger partial charge in [-0.1, -0.05) is 6.07 Å². The van der Waals surface area contributed by atoms with Gasteiger partial charge in [0, 0.05) is 49.1 Å². The first kappa shape index (κ1) is 34.9. The molecule has 6 rings (SSSR count). The summed E-state index contributed by atoms with van der Waals surface area (Å²) in [6, 6.07) is 12.8. The molecule has 50 heavy (non-hydrogen) atoms. The van der Waals surface area contributed by atoms with E-state index in [1.165, 1.54) is 61.7 Å². The van der Waals surface area contributed by atoms with Gasteiger partial charge in [0.2, 0.25) is 5.88 Å². The van der Waals surface area contributed by atoms with Gasteiger partial charge in [-0.3, -0.25) is 9.69 Å². The minimum Gasteiger partial charge on any atom is -0.497 e. The Labute approximate surface area is 291 Å². The number of hydrogen-bond acceptors (Lipinski definition) is 11. The van der Waals surface area contributed by atoms with Gasteiger partial charge in [-0.05, 0) is 76.3 Å². The van der Waals surface area contributed by atoms with Gasteiger partial charge in [0.1, 0.15) is 21.8 Å². The molecule has 2 unspecified atom stereocenters. The predicted molar refractivity (Wildman–Crippen MR) is 182 cm³/mol. The van der Waals surface area contributed by atoms with Crippen LogP contribution in [0.15, 0.2) is 59.6 Å². The number of nitriles is 1. The quantitative estimate of drug-likeness (QED) is 0.347. The zero-order chi connectivity index (χ0) is 35.8. The molecule has 2 atom stereocenters. The highest BCUT2D eigenvalue weighted by Crippen LogP contribution is 2.54. The van der Waals surface area contributed by atoms with Gasteiger partial charge in [-0.25, -0.2) is 22.5 Å². The van der Waals surface area contributed by atoms with Crippen LogP contribution in [0.5, 0.6) is 17.4 Å². The number of fused-ring (bicyclic) bond motifs is 1. The van der Waals surface area contributed by atoms with Gasteiger partial charge in [0.25, 0.3) is 15.9 Å². The number of hydrogen-bond donors (Lipinski definition) is 1. The fourth-order valence-electron chi connectivity index (χ4n) is 7.61. The van der Waals surface area contributed by atoms with Crippen LogP contribution in [0.25, 0.3) is 0 Å². The maximum absolute atomic E-state index is 15.6. The number of ether oxygens (including phenoxy) is 3. The molecule has 14 nitrogen and oxygen atoms in total. The highest BCUT2D eigenvalue weighted by Gasteiger charge is 2.64. The molecule has 3 aliphatic rings. The molecule has 4 heterocycles. The van der Waals surface area contributed by atoms with Crippen LogP contribution in [-0.4, -0.2) is 118 Å². The van der Waals surface area contributed by atoms with Gasteiger partial charge < -0.3 is 29.1 Å². The van der Waals surface area contributed by atoms with Crippen molar-refractivity contribution < 1.29 is 37.3 Å². The average molecular weight is 705 g/mol. The number of anilines is 1. The Bertz CT molecular complexity index is 1940. The van der Waals surface area contributed by atoms with Crippen LogP contribution in [0.2, 0.25) is 0 Å².